The Morgan fingerprint density at radius 2 is 1.63 bits per heavy atom. The lowest BCUT2D eigenvalue weighted by molar-refractivity contribution is 0.224. The van der Waals surface area contributed by atoms with Crippen LogP contribution >= 0.6 is 0 Å². The number of rotatable bonds is 8. The van der Waals surface area contributed by atoms with Crippen molar-refractivity contribution >= 4 is 16.7 Å². The summed E-state index contributed by atoms with van der Waals surface area (Å²) < 4.78 is 0. The summed E-state index contributed by atoms with van der Waals surface area (Å²) in [6.45, 7) is 3.65. The molecule has 1 aromatic carbocycles. The summed E-state index contributed by atoms with van der Waals surface area (Å²) in [4.78, 5) is 16.2. The predicted molar refractivity (Wildman–Crippen MR) is 113 cm³/mol. The summed E-state index contributed by atoms with van der Waals surface area (Å²) in [6.07, 6.45) is 1.86. The van der Waals surface area contributed by atoms with Gasteiger partial charge in [0.05, 0.1) is 11.2 Å². The second-order valence-corrected chi connectivity index (χ2v) is 7.39. The molecule has 142 valence electrons. The molecule has 2 heterocycles. The molecular weight excluding hydrogens is 334 g/mol. The zero-order chi connectivity index (χ0) is 19.2. The van der Waals surface area contributed by atoms with Gasteiger partial charge in [0.15, 0.2) is 0 Å². The van der Waals surface area contributed by atoms with E-state index in [9.17, 15) is 0 Å². The molecule has 0 amide bonds. The van der Waals surface area contributed by atoms with E-state index in [2.05, 4.69) is 84.3 Å². The van der Waals surface area contributed by atoms with Crippen LogP contribution in [0.25, 0.3) is 10.9 Å². The highest BCUT2D eigenvalue weighted by atomic mass is 15.2. The Bertz CT molecular complexity index is 861. The Labute approximate surface area is 162 Å². The van der Waals surface area contributed by atoms with Crippen LogP contribution in [0.15, 0.2) is 54.7 Å². The van der Waals surface area contributed by atoms with Crippen LogP contribution in [0.3, 0.4) is 0 Å². The second kappa shape index (κ2) is 8.93. The first kappa shape index (κ1) is 19.3. The minimum atomic E-state index is 0.828. The van der Waals surface area contributed by atoms with E-state index < -0.39 is 0 Å². The second-order valence-electron chi connectivity index (χ2n) is 7.39. The molecular formula is C22H29N5. The van der Waals surface area contributed by atoms with Crippen LogP contribution < -0.4 is 4.90 Å². The van der Waals surface area contributed by atoms with Crippen LogP contribution in [-0.2, 0) is 13.1 Å². The fourth-order valence-electron chi connectivity index (χ4n) is 3.17. The van der Waals surface area contributed by atoms with Crippen molar-refractivity contribution in [2.24, 2.45) is 0 Å². The molecule has 27 heavy (non-hydrogen) atoms. The van der Waals surface area contributed by atoms with Crippen molar-refractivity contribution in [3.05, 3.63) is 66.0 Å². The highest BCUT2D eigenvalue weighted by molar-refractivity contribution is 5.81. The molecule has 5 nitrogen and oxygen atoms in total. The zero-order valence-corrected chi connectivity index (χ0v) is 16.8. The van der Waals surface area contributed by atoms with Gasteiger partial charge in [-0.1, -0.05) is 24.3 Å². The van der Waals surface area contributed by atoms with E-state index in [1.165, 1.54) is 10.9 Å². The van der Waals surface area contributed by atoms with Crippen LogP contribution in [0.2, 0.25) is 0 Å². The van der Waals surface area contributed by atoms with E-state index >= 15 is 0 Å². The lowest BCUT2D eigenvalue weighted by atomic mass is 10.1. The van der Waals surface area contributed by atoms with Crippen LogP contribution in [0.1, 0.15) is 11.3 Å². The van der Waals surface area contributed by atoms with E-state index in [-0.39, 0.29) is 0 Å². The Hall–Kier alpha value is -2.50. The molecule has 0 N–H and O–H groups in total. The average Bonchev–Trinajstić information content (AvgIpc) is 2.66. The molecule has 0 aliphatic heterocycles. The number of benzene rings is 1. The summed E-state index contributed by atoms with van der Waals surface area (Å²) >= 11 is 0. The third-order valence-corrected chi connectivity index (χ3v) is 4.57. The summed E-state index contributed by atoms with van der Waals surface area (Å²) in [5.41, 5.74) is 3.37. The van der Waals surface area contributed by atoms with E-state index in [1.54, 1.807) is 0 Å². The molecule has 0 aliphatic rings. The largest absolute Gasteiger partial charge is 0.362 e. The first-order valence-corrected chi connectivity index (χ1v) is 9.36. The van der Waals surface area contributed by atoms with Crippen molar-refractivity contribution in [2.45, 2.75) is 13.1 Å². The first-order valence-electron chi connectivity index (χ1n) is 9.36. The molecule has 0 unspecified atom stereocenters. The Balaban J connectivity index is 1.90. The number of aromatic nitrogens is 2. The summed E-state index contributed by atoms with van der Waals surface area (Å²) in [5.74, 6) is 1.03. The van der Waals surface area contributed by atoms with Gasteiger partial charge in [-0.05, 0) is 38.4 Å². The van der Waals surface area contributed by atoms with Gasteiger partial charge in [0.25, 0.3) is 0 Å². The normalized spacial score (nSPS) is 11.5. The maximum absolute atomic E-state index is 4.90. The van der Waals surface area contributed by atoms with Gasteiger partial charge in [0.2, 0.25) is 0 Å². The molecule has 3 aromatic rings. The minimum Gasteiger partial charge on any atom is -0.362 e. The quantitative estimate of drug-likeness (QED) is 0.614. The lowest BCUT2D eigenvalue weighted by Gasteiger charge is -2.26. The zero-order valence-electron chi connectivity index (χ0n) is 16.8. The number of anilines is 1. The Morgan fingerprint density at radius 3 is 2.33 bits per heavy atom. The molecule has 0 radical (unpaired) electrons. The van der Waals surface area contributed by atoms with Gasteiger partial charge in [0.1, 0.15) is 5.82 Å². The van der Waals surface area contributed by atoms with Gasteiger partial charge in [-0.25, -0.2) is 4.98 Å². The van der Waals surface area contributed by atoms with Crippen LogP contribution in [0, 0.1) is 0 Å². The molecule has 0 saturated heterocycles. The third kappa shape index (κ3) is 5.25. The van der Waals surface area contributed by atoms with Gasteiger partial charge in [-0.15, -0.1) is 0 Å². The van der Waals surface area contributed by atoms with Crippen LogP contribution in [0.4, 0.5) is 5.82 Å². The van der Waals surface area contributed by atoms with Crippen molar-refractivity contribution in [3.8, 4) is 0 Å². The molecule has 0 saturated carbocycles. The van der Waals surface area contributed by atoms with Crippen molar-refractivity contribution in [1.29, 1.82) is 0 Å². The van der Waals surface area contributed by atoms with Gasteiger partial charge in [0, 0.05) is 57.4 Å². The van der Waals surface area contributed by atoms with Crippen molar-refractivity contribution in [2.75, 3.05) is 46.2 Å². The summed E-state index contributed by atoms with van der Waals surface area (Å²) in [6, 6.07) is 16.7. The Kier molecular flexibility index (Phi) is 6.37. The average molecular weight is 364 g/mol. The molecule has 0 fully saturated rings. The topological polar surface area (TPSA) is 35.5 Å². The first-order chi connectivity index (χ1) is 13.0. The van der Waals surface area contributed by atoms with Gasteiger partial charge >= 0.3 is 0 Å². The highest BCUT2D eigenvalue weighted by Crippen LogP contribution is 2.24. The summed E-state index contributed by atoms with van der Waals surface area (Å²) in [7, 11) is 8.34. The van der Waals surface area contributed by atoms with Crippen LogP contribution in [-0.4, -0.2) is 61.0 Å². The molecule has 0 bridgehead atoms. The molecule has 0 spiro atoms. The molecule has 0 aliphatic carbocycles. The van der Waals surface area contributed by atoms with Crippen LogP contribution in [0.5, 0.6) is 0 Å². The summed E-state index contributed by atoms with van der Waals surface area (Å²) in [5, 5.41) is 1.18. The SMILES string of the molecule is CN(C)CCN(Cc1ccccn1)Cc1cc2ccccc2nc1N(C)C. The minimum absolute atomic E-state index is 0.828. The maximum Gasteiger partial charge on any atom is 0.133 e. The molecule has 5 heteroatoms. The highest BCUT2D eigenvalue weighted by Gasteiger charge is 2.14. The van der Waals surface area contributed by atoms with E-state index in [1.807, 2.05) is 18.3 Å². The number of pyridine rings is 2. The fourth-order valence-corrected chi connectivity index (χ4v) is 3.17. The number of fused-ring (bicyclic) bond motifs is 1. The predicted octanol–water partition coefficient (Wildman–Crippen LogP) is 3.26. The van der Waals surface area contributed by atoms with Crippen molar-refractivity contribution < 1.29 is 0 Å². The molecule has 2 aromatic heterocycles. The Morgan fingerprint density at radius 1 is 0.852 bits per heavy atom. The molecule has 0 atom stereocenters. The third-order valence-electron chi connectivity index (χ3n) is 4.57. The molecule has 3 rings (SSSR count). The van der Waals surface area contributed by atoms with E-state index in [0.29, 0.717) is 0 Å². The van der Waals surface area contributed by atoms with E-state index in [0.717, 1.165) is 43.2 Å². The standard InChI is InChI=1S/C22H29N5/c1-25(2)13-14-27(17-20-10-7-8-12-23-20)16-19-15-18-9-5-6-11-21(18)24-22(19)26(3)4/h5-12,15H,13-14,16-17H2,1-4H3. The van der Waals surface area contributed by atoms with Gasteiger partial charge in [-0.3, -0.25) is 9.88 Å². The smallest absolute Gasteiger partial charge is 0.133 e. The number of likely N-dealkylation sites (N-methyl/N-ethyl adjacent to an activating group) is 1. The maximum atomic E-state index is 4.90. The number of hydrogen-bond donors (Lipinski definition) is 0. The van der Waals surface area contributed by atoms with Gasteiger partial charge in [-0.2, -0.15) is 0 Å². The fraction of sp³-hybridized carbons (Fsp3) is 0.364. The number of hydrogen-bond acceptors (Lipinski definition) is 5. The number of nitrogens with zero attached hydrogens (tertiary/aromatic N) is 5. The van der Waals surface area contributed by atoms with E-state index in [4.69, 9.17) is 4.98 Å². The van der Waals surface area contributed by atoms with Crippen molar-refractivity contribution in [1.82, 2.24) is 19.8 Å². The monoisotopic (exact) mass is 363 g/mol. The van der Waals surface area contributed by atoms with Gasteiger partial charge < -0.3 is 9.80 Å². The lowest BCUT2D eigenvalue weighted by Crippen LogP contribution is -2.32. The number of para-hydroxylation sites is 1. The van der Waals surface area contributed by atoms with Crippen molar-refractivity contribution in [3.63, 3.8) is 0 Å².